The maximum Gasteiger partial charge on any atom is 0.228 e. The highest BCUT2D eigenvalue weighted by atomic mass is 16.5. The number of nitrogens with one attached hydrogen (secondary N) is 1. The van der Waals surface area contributed by atoms with Crippen molar-refractivity contribution in [1.82, 2.24) is 5.32 Å². The zero-order valence-corrected chi connectivity index (χ0v) is 15.0. The zero-order chi connectivity index (χ0) is 18.1. The molecule has 2 aliphatic rings. The fourth-order valence-electron chi connectivity index (χ4n) is 4.08. The first kappa shape index (κ1) is 16.8. The molecule has 1 heterocycles. The van der Waals surface area contributed by atoms with E-state index in [-0.39, 0.29) is 23.7 Å². The smallest absolute Gasteiger partial charge is 0.228 e. The highest BCUT2D eigenvalue weighted by Gasteiger charge is 2.32. The molecule has 2 aromatic rings. The summed E-state index contributed by atoms with van der Waals surface area (Å²) in [6.45, 7) is 2.71. The summed E-state index contributed by atoms with van der Waals surface area (Å²) in [5.41, 5.74) is 3.79. The second-order valence-electron chi connectivity index (χ2n) is 6.99. The van der Waals surface area contributed by atoms with Crippen LogP contribution in [-0.4, -0.2) is 18.3 Å². The van der Waals surface area contributed by atoms with Crippen molar-refractivity contribution in [2.45, 2.75) is 44.6 Å². The fraction of sp³-hybridized carbons (Fsp3) is 0.364. The van der Waals surface area contributed by atoms with Gasteiger partial charge in [0.15, 0.2) is 5.78 Å². The van der Waals surface area contributed by atoms with Crippen LogP contribution in [0.25, 0.3) is 0 Å². The van der Waals surface area contributed by atoms with Crippen LogP contribution in [0.2, 0.25) is 0 Å². The number of fused-ring (bicyclic) bond motifs is 2. The first-order valence-corrected chi connectivity index (χ1v) is 9.36. The molecule has 0 saturated heterocycles. The van der Waals surface area contributed by atoms with Gasteiger partial charge >= 0.3 is 0 Å². The number of rotatable bonds is 3. The Kier molecular flexibility index (Phi) is 4.49. The average molecular weight is 349 g/mol. The van der Waals surface area contributed by atoms with Crippen LogP contribution in [0.3, 0.4) is 0 Å². The standard InChI is InChI=1S/C22H23NO3/c1-2-14-6-5-9-18-19(12-13-26-21(14)18)23-22(25)17-10-11-20(24)16-8-4-3-7-15(16)17/h3-9,17,19H,2,10-13H2,1H3,(H,23,25)/t17-,19+/m1/s1. The molecule has 0 spiro atoms. The third kappa shape index (κ3) is 2.90. The van der Waals surface area contributed by atoms with Gasteiger partial charge in [0.1, 0.15) is 5.75 Å². The molecule has 0 unspecified atom stereocenters. The molecule has 1 N–H and O–H groups in total. The van der Waals surface area contributed by atoms with E-state index >= 15 is 0 Å². The van der Waals surface area contributed by atoms with E-state index in [0.717, 1.165) is 29.7 Å². The van der Waals surface area contributed by atoms with E-state index in [0.29, 0.717) is 25.0 Å². The molecule has 4 rings (SSSR count). The first-order chi connectivity index (χ1) is 12.7. The second kappa shape index (κ2) is 6.94. The molecule has 1 aliphatic heterocycles. The van der Waals surface area contributed by atoms with Gasteiger partial charge in [0.2, 0.25) is 5.91 Å². The quantitative estimate of drug-likeness (QED) is 0.913. The number of amides is 1. The molecule has 0 radical (unpaired) electrons. The second-order valence-corrected chi connectivity index (χ2v) is 6.99. The van der Waals surface area contributed by atoms with Crippen LogP contribution >= 0.6 is 0 Å². The molecule has 4 heteroatoms. The molecule has 1 aliphatic carbocycles. The summed E-state index contributed by atoms with van der Waals surface area (Å²) in [5.74, 6) is 0.800. The summed E-state index contributed by atoms with van der Waals surface area (Å²) in [6, 6.07) is 13.6. The first-order valence-electron chi connectivity index (χ1n) is 9.36. The van der Waals surface area contributed by atoms with Gasteiger partial charge in [-0.15, -0.1) is 0 Å². The molecule has 4 nitrogen and oxygen atoms in total. The highest BCUT2D eigenvalue weighted by molar-refractivity contribution is 6.01. The summed E-state index contributed by atoms with van der Waals surface area (Å²) in [6.07, 6.45) is 2.67. The van der Waals surface area contributed by atoms with Crippen LogP contribution in [0.15, 0.2) is 42.5 Å². The van der Waals surface area contributed by atoms with Crippen molar-refractivity contribution in [2.75, 3.05) is 6.61 Å². The lowest BCUT2D eigenvalue weighted by Gasteiger charge is -2.31. The van der Waals surface area contributed by atoms with Gasteiger partial charge in [-0.2, -0.15) is 0 Å². The Labute approximate surface area is 153 Å². The van der Waals surface area contributed by atoms with E-state index in [1.807, 2.05) is 36.4 Å². The number of Topliss-reactive ketones (excluding diaryl/α,β-unsaturated/α-hetero) is 1. The van der Waals surface area contributed by atoms with Crippen molar-refractivity contribution in [3.63, 3.8) is 0 Å². The Hall–Kier alpha value is -2.62. The zero-order valence-electron chi connectivity index (χ0n) is 15.0. The number of carbonyl (C=O) groups is 2. The van der Waals surface area contributed by atoms with Crippen molar-refractivity contribution >= 4 is 11.7 Å². The minimum atomic E-state index is -0.260. The van der Waals surface area contributed by atoms with E-state index in [9.17, 15) is 9.59 Å². The summed E-state index contributed by atoms with van der Waals surface area (Å²) in [7, 11) is 0. The summed E-state index contributed by atoms with van der Waals surface area (Å²) in [5, 5.41) is 3.22. The highest BCUT2D eigenvalue weighted by Crippen LogP contribution is 2.37. The maximum absolute atomic E-state index is 13.0. The summed E-state index contributed by atoms with van der Waals surface area (Å²) < 4.78 is 5.88. The minimum Gasteiger partial charge on any atom is -0.493 e. The fourth-order valence-corrected chi connectivity index (χ4v) is 4.08. The lowest BCUT2D eigenvalue weighted by molar-refractivity contribution is -0.123. The van der Waals surface area contributed by atoms with E-state index in [1.54, 1.807) is 0 Å². The van der Waals surface area contributed by atoms with Crippen LogP contribution < -0.4 is 10.1 Å². The Morgan fingerprint density at radius 1 is 1.12 bits per heavy atom. The van der Waals surface area contributed by atoms with Gasteiger partial charge in [0.05, 0.1) is 18.6 Å². The van der Waals surface area contributed by atoms with Crippen molar-refractivity contribution in [3.8, 4) is 5.75 Å². The monoisotopic (exact) mass is 349 g/mol. The Morgan fingerprint density at radius 2 is 1.92 bits per heavy atom. The van der Waals surface area contributed by atoms with Gasteiger partial charge in [-0.05, 0) is 24.0 Å². The molecular formula is C22H23NO3. The molecule has 0 bridgehead atoms. The largest absolute Gasteiger partial charge is 0.493 e. The molecule has 2 atom stereocenters. The Bertz CT molecular complexity index is 858. The number of hydrogen-bond donors (Lipinski definition) is 1. The average Bonchev–Trinajstić information content (AvgIpc) is 2.68. The number of ketones is 1. The van der Waals surface area contributed by atoms with E-state index in [2.05, 4.69) is 18.3 Å². The number of benzene rings is 2. The minimum absolute atomic E-state index is 0.00435. The van der Waals surface area contributed by atoms with Crippen LogP contribution in [0.4, 0.5) is 0 Å². The van der Waals surface area contributed by atoms with Crippen molar-refractivity contribution in [1.29, 1.82) is 0 Å². The van der Waals surface area contributed by atoms with E-state index < -0.39 is 0 Å². The van der Waals surface area contributed by atoms with Gasteiger partial charge in [-0.3, -0.25) is 9.59 Å². The third-order valence-electron chi connectivity index (χ3n) is 5.47. The van der Waals surface area contributed by atoms with Gasteiger partial charge in [0, 0.05) is 24.0 Å². The van der Waals surface area contributed by atoms with Crippen molar-refractivity contribution in [2.24, 2.45) is 0 Å². The molecule has 134 valence electrons. The molecular weight excluding hydrogens is 326 g/mol. The SMILES string of the molecule is CCc1cccc2c1OCC[C@@H]2NC(=O)[C@@H]1CCC(=O)c2ccccc21. The Morgan fingerprint density at radius 3 is 2.77 bits per heavy atom. The molecule has 0 fully saturated rings. The van der Waals surface area contributed by atoms with E-state index in [4.69, 9.17) is 4.74 Å². The van der Waals surface area contributed by atoms with Gasteiger partial charge in [0.25, 0.3) is 0 Å². The van der Waals surface area contributed by atoms with Crippen LogP contribution in [0.1, 0.15) is 65.2 Å². The van der Waals surface area contributed by atoms with Crippen LogP contribution in [0, 0.1) is 0 Å². The van der Waals surface area contributed by atoms with Crippen molar-refractivity contribution < 1.29 is 14.3 Å². The van der Waals surface area contributed by atoms with Gasteiger partial charge < -0.3 is 10.1 Å². The summed E-state index contributed by atoms with van der Waals surface area (Å²) >= 11 is 0. The van der Waals surface area contributed by atoms with Gasteiger partial charge in [-0.25, -0.2) is 0 Å². The molecule has 26 heavy (non-hydrogen) atoms. The topological polar surface area (TPSA) is 55.4 Å². The normalized spacial score (nSPS) is 21.3. The van der Waals surface area contributed by atoms with Crippen LogP contribution in [0.5, 0.6) is 5.75 Å². The number of carbonyl (C=O) groups excluding carboxylic acids is 2. The maximum atomic E-state index is 13.0. The molecule has 2 aromatic carbocycles. The lowest BCUT2D eigenvalue weighted by Crippen LogP contribution is -2.37. The van der Waals surface area contributed by atoms with Crippen molar-refractivity contribution in [3.05, 3.63) is 64.7 Å². The molecule has 0 aromatic heterocycles. The number of para-hydroxylation sites is 1. The third-order valence-corrected chi connectivity index (χ3v) is 5.47. The predicted molar refractivity (Wildman–Crippen MR) is 99.6 cm³/mol. The van der Waals surface area contributed by atoms with E-state index in [1.165, 1.54) is 5.56 Å². The molecule has 0 saturated carbocycles. The van der Waals surface area contributed by atoms with Gasteiger partial charge in [-0.1, -0.05) is 49.4 Å². The summed E-state index contributed by atoms with van der Waals surface area (Å²) in [4.78, 5) is 25.2. The molecule has 1 amide bonds. The predicted octanol–water partition coefficient (Wildman–Crippen LogP) is 3.95. The lowest BCUT2D eigenvalue weighted by atomic mass is 9.81. The number of hydrogen-bond acceptors (Lipinski definition) is 3. The number of ether oxygens (including phenoxy) is 1. The van der Waals surface area contributed by atoms with Crippen LogP contribution in [-0.2, 0) is 11.2 Å². The number of aryl methyl sites for hydroxylation is 1. The Balaban J connectivity index is 1.59.